The second-order valence-corrected chi connectivity index (χ2v) is 8.82. The number of aromatic nitrogens is 2. The summed E-state index contributed by atoms with van der Waals surface area (Å²) >= 11 is 3.46. The van der Waals surface area contributed by atoms with Crippen molar-refractivity contribution in [1.82, 2.24) is 15.3 Å². The van der Waals surface area contributed by atoms with E-state index >= 15 is 0 Å². The van der Waals surface area contributed by atoms with Crippen LogP contribution in [-0.2, 0) is 0 Å². The number of rotatable bonds is 5. The molecule has 5 rings (SSSR count). The van der Waals surface area contributed by atoms with Gasteiger partial charge in [-0.1, -0.05) is 6.07 Å². The molecule has 3 aromatic rings. The van der Waals surface area contributed by atoms with Gasteiger partial charge < -0.3 is 20.3 Å². The van der Waals surface area contributed by atoms with Crippen molar-refractivity contribution in [2.24, 2.45) is 0 Å². The molecular weight excluding hydrogens is 496 g/mol. The summed E-state index contributed by atoms with van der Waals surface area (Å²) in [6, 6.07) is 9.10. The predicted molar refractivity (Wildman–Crippen MR) is 124 cm³/mol. The molecule has 2 atom stereocenters. The van der Waals surface area contributed by atoms with E-state index in [9.17, 15) is 13.6 Å². The molecule has 2 N–H and O–H groups in total. The van der Waals surface area contributed by atoms with Crippen LogP contribution in [0.4, 0.5) is 20.2 Å². The third-order valence-corrected chi connectivity index (χ3v) is 6.53. The number of benzene rings is 2. The highest BCUT2D eigenvalue weighted by molar-refractivity contribution is 9.10. The highest BCUT2D eigenvalue weighted by atomic mass is 79.9. The van der Waals surface area contributed by atoms with Crippen LogP contribution >= 0.6 is 15.9 Å². The molecule has 2 aliphatic heterocycles. The van der Waals surface area contributed by atoms with Crippen molar-refractivity contribution in [3.8, 4) is 17.1 Å². The van der Waals surface area contributed by atoms with Crippen LogP contribution in [0, 0.1) is 11.6 Å². The zero-order valence-electron chi connectivity index (χ0n) is 17.6. The van der Waals surface area contributed by atoms with Gasteiger partial charge in [-0.3, -0.25) is 4.79 Å². The number of halogens is 3. The van der Waals surface area contributed by atoms with Gasteiger partial charge in [0.1, 0.15) is 23.1 Å². The number of nitrogens with zero attached hydrogens (tertiary/aromatic N) is 3. The van der Waals surface area contributed by atoms with E-state index in [1.807, 2.05) is 0 Å². The number of fused-ring (bicyclic) bond motifs is 2. The summed E-state index contributed by atoms with van der Waals surface area (Å²) in [6.45, 7) is 1.60. The van der Waals surface area contributed by atoms with Crippen molar-refractivity contribution in [3.05, 3.63) is 64.4 Å². The maximum atomic E-state index is 14.5. The second-order valence-electron chi connectivity index (χ2n) is 7.97. The van der Waals surface area contributed by atoms with E-state index in [4.69, 9.17) is 4.74 Å². The highest BCUT2D eigenvalue weighted by Crippen LogP contribution is 2.41. The molecule has 0 radical (unpaired) electrons. The highest BCUT2D eigenvalue weighted by Gasteiger charge is 2.39. The summed E-state index contributed by atoms with van der Waals surface area (Å²) in [7, 11) is 1.42. The predicted octanol–water partition coefficient (Wildman–Crippen LogP) is 4.00. The zero-order chi connectivity index (χ0) is 23.1. The van der Waals surface area contributed by atoms with Crippen LogP contribution in [0.5, 0.6) is 5.75 Å². The van der Waals surface area contributed by atoms with Crippen molar-refractivity contribution in [3.63, 3.8) is 0 Å². The van der Waals surface area contributed by atoms with Crippen LogP contribution < -0.4 is 20.3 Å². The lowest BCUT2D eigenvalue weighted by Gasteiger charge is -2.32. The summed E-state index contributed by atoms with van der Waals surface area (Å²) in [4.78, 5) is 23.6. The van der Waals surface area contributed by atoms with Crippen molar-refractivity contribution >= 4 is 33.2 Å². The lowest BCUT2D eigenvalue weighted by molar-refractivity contribution is 0.102. The van der Waals surface area contributed by atoms with E-state index in [0.29, 0.717) is 16.2 Å². The van der Waals surface area contributed by atoms with Gasteiger partial charge >= 0.3 is 0 Å². The molecule has 2 aromatic carbocycles. The van der Waals surface area contributed by atoms with Crippen molar-refractivity contribution < 1.29 is 18.3 Å². The molecule has 7 nitrogen and oxygen atoms in total. The van der Waals surface area contributed by atoms with Crippen molar-refractivity contribution in [2.75, 3.05) is 30.4 Å². The van der Waals surface area contributed by atoms with Crippen LogP contribution in [-0.4, -0.2) is 48.2 Å². The van der Waals surface area contributed by atoms with Crippen LogP contribution in [0.15, 0.2) is 47.1 Å². The molecular formula is C23H20BrF2N5O2. The Labute approximate surface area is 197 Å². The summed E-state index contributed by atoms with van der Waals surface area (Å²) < 4.78 is 34.5. The second kappa shape index (κ2) is 8.68. The number of amides is 1. The number of methoxy groups -OCH3 is 1. The first-order chi connectivity index (χ1) is 15.9. The largest absolute Gasteiger partial charge is 0.496 e. The number of hydrogen-bond acceptors (Lipinski definition) is 6. The van der Waals surface area contributed by atoms with Crippen molar-refractivity contribution in [1.29, 1.82) is 0 Å². The Bertz CT molecular complexity index is 1240. The molecule has 1 unspecified atom stereocenters. The third kappa shape index (κ3) is 4.04. The Hall–Kier alpha value is -3.11. The van der Waals surface area contributed by atoms with Gasteiger partial charge in [-0.2, -0.15) is 0 Å². The molecule has 170 valence electrons. The number of anilines is 2. The lowest BCUT2D eigenvalue weighted by Crippen LogP contribution is -2.44. The fraction of sp³-hybridized carbons (Fsp3) is 0.261. The quantitative estimate of drug-likeness (QED) is 0.534. The first kappa shape index (κ1) is 21.7. The van der Waals surface area contributed by atoms with E-state index in [2.05, 4.69) is 41.4 Å². The van der Waals surface area contributed by atoms with Gasteiger partial charge in [0, 0.05) is 35.8 Å². The molecule has 33 heavy (non-hydrogen) atoms. The Balaban J connectivity index is 1.48. The van der Waals surface area contributed by atoms with E-state index in [1.54, 1.807) is 6.07 Å². The summed E-state index contributed by atoms with van der Waals surface area (Å²) in [5, 5.41) is 6.21. The smallest absolute Gasteiger partial charge is 0.274 e. The molecule has 0 saturated carbocycles. The fourth-order valence-electron chi connectivity index (χ4n) is 4.47. The minimum absolute atomic E-state index is 0.0150. The Morgan fingerprint density at radius 1 is 1.30 bits per heavy atom. The molecule has 0 spiro atoms. The Kier molecular flexibility index (Phi) is 5.71. The fourth-order valence-corrected chi connectivity index (χ4v) is 5.13. The molecule has 3 heterocycles. The maximum absolute atomic E-state index is 14.5. The third-order valence-electron chi connectivity index (χ3n) is 5.93. The molecule has 2 bridgehead atoms. The lowest BCUT2D eigenvalue weighted by atomic mass is 10.1. The number of ether oxygens (including phenoxy) is 1. The molecule has 2 fully saturated rings. The first-order valence-electron chi connectivity index (χ1n) is 10.4. The molecule has 0 aliphatic carbocycles. The first-order valence-corrected chi connectivity index (χ1v) is 11.2. The van der Waals surface area contributed by atoms with Gasteiger partial charge in [0.25, 0.3) is 5.91 Å². The SMILES string of the molecule is COc1cccc(F)c1-c1nccc(C(=O)Nc2cc(F)cc(Br)c2N2CC3C[C@@H]2CN3)n1. The minimum Gasteiger partial charge on any atom is -0.496 e. The minimum atomic E-state index is -0.569. The number of carbonyl (C=O) groups is 1. The number of hydrogen-bond donors (Lipinski definition) is 2. The Morgan fingerprint density at radius 2 is 2.15 bits per heavy atom. The summed E-state index contributed by atoms with van der Waals surface area (Å²) in [6.07, 6.45) is 2.37. The number of carbonyl (C=O) groups excluding carboxylic acids is 1. The van der Waals surface area contributed by atoms with E-state index in [0.717, 1.165) is 25.2 Å². The van der Waals surface area contributed by atoms with E-state index < -0.39 is 17.5 Å². The summed E-state index contributed by atoms with van der Waals surface area (Å²) in [5.41, 5.74) is 1.14. The van der Waals surface area contributed by atoms with Crippen LogP contribution in [0.1, 0.15) is 16.9 Å². The Morgan fingerprint density at radius 3 is 2.88 bits per heavy atom. The normalized spacial score (nSPS) is 19.1. The molecule has 2 aliphatic rings. The van der Waals surface area contributed by atoms with E-state index in [1.165, 1.54) is 43.6 Å². The topological polar surface area (TPSA) is 79.4 Å². The van der Waals surface area contributed by atoms with Crippen LogP contribution in [0.3, 0.4) is 0 Å². The summed E-state index contributed by atoms with van der Waals surface area (Å²) in [5.74, 6) is -1.35. The van der Waals surface area contributed by atoms with Gasteiger partial charge in [0.05, 0.1) is 24.0 Å². The molecule has 2 saturated heterocycles. The van der Waals surface area contributed by atoms with E-state index in [-0.39, 0.29) is 28.9 Å². The van der Waals surface area contributed by atoms with Gasteiger partial charge in [-0.15, -0.1) is 0 Å². The average molecular weight is 516 g/mol. The molecule has 10 heteroatoms. The molecule has 1 aromatic heterocycles. The zero-order valence-corrected chi connectivity index (χ0v) is 19.2. The van der Waals surface area contributed by atoms with Crippen LogP contribution in [0.25, 0.3) is 11.4 Å². The van der Waals surface area contributed by atoms with Gasteiger partial charge in [0.15, 0.2) is 5.82 Å². The maximum Gasteiger partial charge on any atom is 0.274 e. The van der Waals surface area contributed by atoms with Gasteiger partial charge in [0.2, 0.25) is 0 Å². The average Bonchev–Trinajstić information content (AvgIpc) is 3.42. The van der Waals surface area contributed by atoms with Crippen molar-refractivity contribution in [2.45, 2.75) is 18.5 Å². The monoisotopic (exact) mass is 515 g/mol. The van der Waals surface area contributed by atoms with Gasteiger partial charge in [-0.05, 0) is 52.7 Å². The number of nitrogens with one attached hydrogen (secondary N) is 2. The number of piperazine rings is 1. The van der Waals surface area contributed by atoms with Crippen LogP contribution in [0.2, 0.25) is 0 Å². The molecule has 1 amide bonds. The van der Waals surface area contributed by atoms with Gasteiger partial charge in [-0.25, -0.2) is 18.7 Å². The standard InChI is InChI=1S/C23H20BrF2N5O2/c1-33-19-4-2-3-16(26)20(19)22-27-6-5-17(29-22)23(32)30-18-8-12(25)7-15(24)21(18)31-11-13-9-14(31)10-28-13/h2-8,13-14,28H,9-11H2,1H3,(H,30,32)/t13?,14-/m1/s1.